The molecule has 1 N–H and O–H groups in total. The molecule has 4 heteroatoms. The highest BCUT2D eigenvalue weighted by Gasteiger charge is 2.15. The molecule has 0 radical (unpaired) electrons. The van der Waals surface area contributed by atoms with Gasteiger partial charge < -0.3 is 5.32 Å². The van der Waals surface area contributed by atoms with Gasteiger partial charge in [-0.25, -0.2) is 4.98 Å². The molecule has 0 bridgehead atoms. The van der Waals surface area contributed by atoms with E-state index in [4.69, 9.17) is 0 Å². The number of carbonyl (C=O) groups excluding carboxylic acids is 1. The van der Waals surface area contributed by atoms with E-state index < -0.39 is 0 Å². The fourth-order valence-electron chi connectivity index (χ4n) is 2.09. The number of hydrogen-bond acceptors (Lipinski definition) is 4. The Kier molecular flexibility index (Phi) is 4.07. The molecule has 1 aromatic rings. The fraction of sp³-hybridized carbons (Fsp3) is 0.667. The number of hydrogen-bond donors (Lipinski definition) is 1. The topological polar surface area (TPSA) is 42.0 Å². The summed E-state index contributed by atoms with van der Waals surface area (Å²) in [7, 11) is 0. The predicted octanol–water partition coefficient (Wildman–Crippen LogP) is 1.96. The first kappa shape index (κ1) is 11.7. The molecule has 2 rings (SSSR count). The van der Waals surface area contributed by atoms with Crippen LogP contribution in [0.4, 0.5) is 0 Å². The van der Waals surface area contributed by atoms with E-state index >= 15 is 0 Å². The first-order valence-electron chi connectivity index (χ1n) is 5.90. The van der Waals surface area contributed by atoms with Crippen molar-refractivity contribution >= 4 is 17.1 Å². The molecule has 0 aliphatic carbocycles. The van der Waals surface area contributed by atoms with Crippen LogP contribution in [0.5, 0.6) is 0 Å². The van der Waals surface area contributed by atoms with E-state index in [9.17, 15) is 4.79 Å². The Morgan fingerprint density at radius 3 is 3.19 bits per heavy atom. The van der Waals surface area contributed by atoms with Crippen LogP contribution in [-0.4, -0.2) is 23.4 Å². The van der Waals surface area contributed by atoms with Gasteiger partial charge in [0.15, 0.2) is 0 Å². The molecule has 0 spiro atoms. The standard InChI is InChI=1S/C12H18N2OS/c1-9(15)6-11-8-16-12(14-11)7-10-4-2-3-5-13-10/h8,10,13H,2-7H2,1H3. The predicted molar refractivity (Wildman–Crippen MR) is 65.8 cm³/mol. The minimum absolute atomic E-state index is 0.188. The van der Waals surface area contributed by atoms with E-state index in [1.54, 1.807) is 18.3 Å². The molecule has 88 valence electrons. The van der Waals surface area contributed by atoms with Crippen molar-refractivity contribution in [3.8, 4) is 0 Å². The lowest BCUT2D eigenvalue weighted by Gasteiger charge is -2.22. The molecule has 1 fully saturated rings. The molecule has 1 saturated heterocycles. The zero-order valence-electron chi connectivity index (χ0n) is 9.66. The van der Waals surface area contributed by atoms with Crippen LogP contribution in [0, 0.1) is 0 Å². The molecule has 1 aliphatic rings. The number of carbonyl (C=O) groups is 1. The van der Waals surface area contributed by atoms with Crippen molar-refractivity contribution in [2.45, 2.75) is 45.1 Å². The number of piperidine rings is 1. The summed E-state index contributed by atoms with van der Waals surface area (Å²) in [5.41, 5.74) is 0.934. The minimum atomic E-state index is 0.188. The molecule has 1 atom stereocenters. The van der Waals surface area contributed by atoms with Gasteiger partial charge in [0.05, 0.1) is 10.7 Å². The van der Waals surface area contributed by atoms with Crippen molar-refractivity contribution in [3.05, 3.63) is 16.1 Å². The van der Waals surface area contributed by atoms with Gasteiger partial charge in [-0.05, 0) is 26.3 Å². The maximum Gasteiger partial charge on any atom is 0.135 e. The van der Waals surface area contributed by atoms with Gasteiger partial charge in [-0.15, -0.1) is 11.3 Å². The van der Waals surface area contributed by atoms with E-state index in [0.29, 0.717) is 12.5 Å². The number of nitrogens with one attached hydrogen (secondary N) is 1. The number of thiazole rings is 1. The SMILES string of the molecule is CC(=O)Cc1csc(CC2CCCCN2)n1. The fourth-order valence-corrected chi connectivity index (χ4v) is 2.96. The van der Waals surface area contributed by atoms with E-state index in [1.165, 1.54) is 19.3 Å². The summed E-state index contributed by atoms with van der Waals surface area (Å²) in [4.78, 5) is 15.5. The molecule has 1 unspecified atom stereocenters. The maximum absolute atomic E-state index is 11.0. The molecule has 0 aromatic carbocycles. The number of rotatable bonds is 4. The third kappa shape index (κ3) is 3.39. The Balaban J connectivity index is 1.88. The van der Waals surface area contributed by atoms with Crippen LogP contribution in [0.1, 0.15) is 36.9 Å². The lowest BCUT2D eigenvalue weighted by molar-refractivity contribution is -0.116. The van der Waals surface area contributed by atoms with Gasteiger partial charge in [-0.1, -0.05) is 6.42 Å². The van der Waals surface area contributed by atoms with Crippen molar-refractivity contribution in [2.75, 3.05) is 6.54 Å². The Morgan fingerprint density at radius 2 is 2.50 bits per heavy atom. The summed E-state index contributed by atoms with van der Waals surface area (Å²) in [6.45, 7) is 2.75. The Labute approximate surface area is 100 Å². The Hall–Kier alpha value is -0.740. The van der Waals surface area contributed by atoms with Crippen molar-refractivity contribution in [3.63, 3.8) is 0 Å². The Morgan fingerprint density at radius 1 is 1.62 bits per heavy atom. The van der Waals surface area contributed by atoms with E-state index in [0.717, 1.165) is 23.7 Å². The van der Waals surface area contributed by atoms with Crippen LogP contribution >= 0.6 is 11.3 Å². The maximum atomic E-state index is 11.0. The van der Waals surface area contributed by atoms with Crippen LogP contribution in [0.2, 0.25) is 0 Å². The van der Waals surface area contributed by atoms with Gasteiger partial charge in [0.2, 0.25) is 0 Å². The van der Waals surface area contributed by atoms with E-state index in [1.807, 2.05) is 5.38 Å². The van der Waals surface area contributed by atoms with E-state index in [2.05, 4.69) is 10.3 Å². The highest BCUT2D eigenvalue weighted by molar-refractivity contribution is 7.09. The third-order valence-electron chi connectivity index (χ3n) is 2.86. The first-order valence-corrected chi connectivity index (χ1v) is 6.78. The van der Waals surface area contributed by atoms with Crippen molar-refractivity contribution in [1.29, 1.82) is 0 Å². The van der Waals surface area contributed by atoms with Crippen LogP contribution in [0.3, 0.4) is 0 Å². The summed E-state index contributed by atoms with van der Waals surface area (Å²) in [6.07, 6.45) is 5.37. The summed E-state index contributed by atoms with van der Waals surface area (Å²) < 4.78 is 0. The van der Waals surface area contributed by atoms with Gasteiger partial charge in [-0.2, -0.15) is 0 Å². The largest absolute Gasteiger partial charge is 0.314 e. The van der Waals surface area contributed by atoms with Crippen molar-refractivity contribution < 1.29 is 4.79 Å². The number of ketones is 1. The van der Waals surface area contributed by atoms with Gasteiger partial charge in [0.25, 0.3) is 0 Å². The summed E-state index contributed by atoms with van der Waals surface area (Å²) in [5, 5.41) is 6.69. The molecule has 3 nitrogen and oxygen atoms in total. The molecule has 1 aliphatic heterocycles. The number of Topliss-reactive ketones (excluding diaryl/α,β-unsaturated/α-hetero) is 1. The van der Waals surface area contributed by atoms with Gasteiger partial charge >= 0.3 is 0 Å². The Bertz CT molecular complexity index is 356. The highest BCUT2D eigenvalue weighted by Crippen LogP contribution is 2.16. The van der Waals surface area contributed by atoms with E-state index in [-0.39, 0.29) is 5.78 Å². The van der Waals surface area contributed by atoms with Crippen molar-refractivity contribution in [2.24, 2.45) is 0 Å². The van der Waals surface area contributed by atoms with Crippen LogP contribution in [0.15, 0.2) is 5.38 Å². The minimum Gasteiger partial charge on any atom is -0.314 e. The second kappa shape index (κ2) is 5.55. The lowest BCUT2D eigenvalue weighted by Crippen LogP contribution is -2.35. The lowest BCUT2D eigenvalue weighted by atomic mass is 10.0. The van der Waals surface area contributed by atoms with Gasteiger partial charge in [-0.3, -0.25) is 4.79 Å². The highest BCUT2D eigenvalue weighted by atomic mass is 32.1. The second-order valence-electron chi connectivity index (χ2n) is 4.46. The molecule has 1 aromatic heterocycles. The molecule has 0 saturated carbocycles. The normalized spacial score (nSPS) is 20.9. The van der Waals surface area contributed by atoms with Crippen molar-refractivity contribution in [1.82, 2.24) is 10.3 Å². The smallest absolute Gasteiger partial charge is 0.135 e. The molecule has 0 amide bonds. The molecular formula is C12H18N2OS. The summed E-state index contributed by atoms with van der Waals surface area (Å²) in [6, 6.07) is 0.588. The monoisotopic (exact) mass is 238 g/mol. The average molecular weight is 238 g/mol. The zero-order chi connectivity index (χ0) is 11.4. The second-order valence-corrected chi connectivity index (χ2v) is 5.40. The van der Waals surface area contributed by atoms with Crippen LogP contribution in [-0.2, 0) is 17.6 Å². The summed E-state index contributed by atoms with van der Waals surface area (Å²) in [5.74, 6) is 0.188. The number of aromatic nitrogens is 1. The average Bonchev–Trinajstić information content (AvgIpc) is 2.66. The summed E-state index contributed by atoms with van der Waals surface area (Å²) >= 11 is 1.68. The third-order valence-corrected chi connectivity index (χ3v) is 3.78. The molecular weight excluding hydrogens is 220 g/mol. The first-order chi connectivity index (χ1) is 7.74. The zero-order valence-corrected chi connectivity index (χ0v) is 10.5. The van der Waals surface area contributed by atoms with Gasteiger partial charge in [0, 0.05) is 24.3 Å². The molecule has 16 heavy (non-hydrogen) atoms. The van der Waals surface area contributed by atoms with Crippen LogP contribution < -0.4 is 5.32 Å². The van der Waals surface area contributed by atoms with Gasteiger partial charge in [0.1, 0.15) is 5.78 Å². The molecule has 2 heterocycles. The quantitative estimate of drug-likeness (QED) is 0.872. The number of nitrogens with zero attached hydrogens (tertiary/aromatic N) is 1. The van der Waals surface area contributed by atoms with Crippen LogP contribution in [0.25, 0.3) is 0 Å².